The molecule has 0 saturated heterocycles. The van der Waals surface area contributed by atoms with Gasteiger partial charge in [-0.1, -0.05) is 62.5 Å². The van der Waals surface area contributed by atoms with Crippen molar-refractivity contribution in [3.8, 4) is 17.6 Å². The van der Waals surface area contributed by atoms with E-state index in [0.717, 1.165) is 17.9 Å². The molecule has 0 radical (unpaired) electrons. The van der Waals surface area contributed by atoms with Crippen molar-refractivity contribution in [2.45, 2.75) is 57.7 Å². The summed E-state index contributed by atoms with van der Waals surface area (Å²) in [5, 5.41) is 0. The maximum Gasteiger partial charge on any atom is 0.573 e. The SMILES string of the molecule is FC(F)(F)Oc1ccc(C#Cc2ccc(CCCCC3CCCC3)cc2)cc1. The Morgan fingerprint density at radius 2 is 1.39 bits per heavy atom. The smallest absolute Gasteiger partial charge is 0.406 e. The molecule has 0 spiro atoms. The largest absolute Gasteiger partial charge is 0.573 e. The third-order valence-corrected chi connectivity index (χ3v) is 5.20. The second kappa shape index (κ2) is 9.68. The van der Waals surface area contributed by atoms with Crippen LogP contribution in [0.15, 0.2) is 48.5 Å². The average Bonchev–Trinajstić information content (AvgIpc) is 3.18. The summed E-state index contributed by atoms with van der Waals surface area (Å²) in [5.74, 6) is 6.74. The average molecular weight is 386 g/mol. The lowest BCUT2D eigenvalue weighted by Crippen LogP contribution is -2.16. The van der Waals surface area contributed by atoms with E-state index in [1.165, 1.54) is 74.8 Å². The maximum absolute atomic E-state index is 12.2. The van der Waals surface area contributed by atoms with Crippen LogP contribution in [0, 0.1) is 17.8 Å². The first-order chi connectivity index (χ1) is 13.5. The lowest BCUT2D eigenvalue weighted by molar-refractivity contribution is -0.274. The lowest BCUT2D eigenvalue weighted by atomic mass is 9.98. The summed E-state index contributed by atoms with van der Waals surface area (Å²) in [5.41, 5.74) is 2.86. The van der Waals surface area contributed by atoms with Crippen molar-refractivity contribution in [2.24, 2.45) is 5.92 Å². The number of hydrogen-bond donors (Lipinski definition) is 0. The van der Waals surface area contributed by atoms with Crippen LogP contribution in [0.4, 0.5) is 13.2 Å². The van der Waals surface area contributed by atoms with E-state index in [0.29, 0.717) is 5.56 Å². The van der Waals surface area contributed by atoms with Gasteiger partial charge in [0.05, 0.1) is 0 Å². The number of halogens is 3. The molecule has 1 nitrogen and oxygen atoms in total. The van der Waals surface area contributed by atoms with Crippen LogP contribution in [-0.4, -0.2) is 6.36 Å². The van der Waals surface area contributed by atoms with E-state index in [2.05, 4.69) is 28.7 Å². The quantitative estimate of drug-likeness (QED) is 0.388. The number of rotatable bonds is 6. The fourth-order valence-electron chi connectivity index (χ4n) is 3.70. The molecule has 0 N–H and O–H groups in total. The van der Waals surface area contributed by atoms with Gasteiger partial charge in [0.1, 0.15) is 5.75 Å². The summed E-state index contributed by atoms with van der Waals surface area (Å²) < 4.78 is 40.3. The Kier molecular flexibility index (Phi) is 7.03. The zero-order valence-electron chi connectivity index (χ0n) is 15.9. The fourth-order valence-corrected chi connectivity index (χ4v) is 3.70. The summed E-state index contributed by atoms with van der Waals surface area (Å²) in [6, 6.07) is 13.8. The van der Waals surface area contributed by atoms with E-state index >= 15 is 0 Å². The van der Waals surface area contributed by atoms with Crippen LogP contribution in [0.1, 0.15) is 61.6 Å². The number of ether oxygens (including phenoxy) is 1. The van der Waals surface area contributed by atoms with Gasteiger partial charge in [-0.15, -0.1) is 13.2 Å². The molecule has 1 aliphatic rings. The van der Waals surface area contributed by atoms with Gasteiger partial charge in [-0.3, -0.25) is 0 Å². The maximum atomic E-state index is 12.2. The zero-order valence-corrected chi connectivity index (χ0v) is 15.9. The highest BCUT2D eigenvalue weighted by Gasteiger charge is 2.30. The van der Waals surface area contributed by atoms with Gasteiger partial charge in [-0.05, 0) is 60.7 Å². The third-order valence-electron chi connectivity index (χ3n) is 5.20. The molecule has 28 heavy (non-hydrogen) atoms. The Morgan fingerprint density at radius 3 is 1.96 bits per heavy atom. The Hall–Kier alpha value is -2.41. The van der Waals surface area contributed by atoms with E-state index in [1.54, 1.807) is 0 Å². The van der Waals surface area contributed by atoms with E-state index in [9.17, 15) is 13.2 Å². The predicted octanol–water partition coefficient (Wildman–Crippen LogP) is 6.89. The van der Waals surface area contributed by atoms with Gasteiger partial charge in [0.2, 0.25) is 0 Å². The van der Waals surface area contributed by atoms with Crippen molar-refractivity contribution in [2.75, 3.05) is 0 Å². The molecule has 0 bridgehead atoms. The van der Waals surface area contributed by atoms with Gasteiger partial charge in [-0.25, -0.2) is 0 Å². The van der Waals surface area contributed by atoms with E-state index in [-0.39, 0.29) is 5.75 Å². The molecule has 1 aliphatic carbocycles. The first kappa shape index (κ1) is 20.3. The van der Waals surface area contributed by atoms with E-state index in [4.69, 9.17) is 0 Å². The van der Waals surface area contributed by atoms with Gasteiger partial charge in [0, 0.05) is 11.1 Å². The standard InChI is InChI=1S/C24H25F3O/c25-24(26,27)28-23-17-15-22(16-18-23)14-13-21-11-9-20(10-12-21)8-4-3-7-19-5-1-2-6-19/h9-12,15-19H,1-8H2. The van der Waals surface area contributed by atoms with Crippen molar-refractivity contribution in [3.63, 3.8) is 0 Å². The normalized spacial score (nSPS) is 14.5. The first-order valence-electron chi connectivity index (χ1n) is 9.95. The predicted molar refractivity (Wildman–Crippen MR) is 105 cm³/mol. The van der Waals surface area contributed by atoms with Gasteiger partial charge in [0.25, 0.3) is 0 Å². The molecule has 1 saturated carbocycles. The van der Waals surface area contributed by atoms with Gasteiger partial charge < -0.3 is 4.74 Å². The fraction of sp³-hybridized carbons (Fsp3) is 0.417. The third kappa shape index (κ3) is 6.96. The molecule has 0 amide bonds. The molecular formula is C24H25F3O. The van der Waals surface area contributed by atoms with E-state index in [1.807, 2.05) is 12.1 Å². The molecule has 0 atom stereocenters. The molecule has 4 heteroatoms. The van der Waals surface area contributed by atoms with Gasteiger partial charge in [-0.2, -0.15) is 0 Å². The molecule has 0 heterocycles. The van der Waals surface area contributed by atoms with Crippen molar-refractivity contribution >= 4 is 0 Å². The Morgan fingerprint density at radius 1 is 0.821 bits per heavy atom. The Labute approximate surface area is 164 Å². The molecule has 3 rings (SSSR count). The zero-order chi connectivity index (χ0) is 19.8. The van der Waals surface area contributed by atoms with Crippen molar-refractivity contribution < 1.29 is 17.9 Å². The summed E-state index contributed by atoms with van der Waals surface area (Å²) in [6.07, 6.45) is 6.01. The van der Waals surface area contributed by atoms with Crippen LogP contribution in [0.5, 0.6) is 5.75 Å². The van der Waals surface area contributed by atoms with Crippen molar-refractivity contribution in [3.05, 3.63) is 65.2 Å². The van der Waals surface area contributed by atoms with Crippen LogP contribution in [0.3, 0.4) is 0 Å². The molecule has 2 aromatic rings. The molecule has 1 fully saturated rings. The monoisotopic (exact) mass is 386 g/mol. The minimum Gasteiger partial charge on any atom is -0.406 e. The van der Waals surface area contributed by atoms with Crippen molar-refractivity contribution in [1.82, 2.24) is 0 Å². The number of aryl methyl sites for hydroxylation is 1. The Balaban J connectivity index is 1.46. The molecule has 148 valence electrons. The van der Waals surface area contributed by atoms with Crippen LogP contribution in [0.2, 0.25) is 0 Å². The summed E-state index contributed by atoms with van der Waals surface area (Å²) >= 11 is 0. The topological polar surface area (TPSA) is 9.23 Å². The molecule has 2 aromatic carbocycles. The minimum atomic E-state index is -4.68. The van der Waals surface area contributed by atoms with Gasteiger partial charge >= 0.3 is 6.36 Å². The first-order valence-corrected chi connectivity index (χ1v) is 9.95. The highest BCUT2D eigenvalue weighted by molar-refractivity contribution is 5.44. The number of unbranched alkanes of at least 4 members (excludes halogenated alkanes) is 1. The minimum absolute atomic E-state index is 0.240. The van der Waals surface area contributed by atoms with Gasteiger partial charge in [0.15, 0.2) is 0 Å². The highest BCUT2D eigenvalue weighted by Crippen LogP contribution is 2.29. The summed E-state index contributed by atoms with van der Waals surface area (Å²) in [4.78, 5) is 0. The second-order valence-electron chi connectivity index (χ2n) is 7.42. The highest BCUT2D eigenvalue weighted by atomic mass is 19.4. The Bertz CT molecular complexity index is 789. The number of hydrogen-bond acceptors (Lipinski definition) is 1. The molecular weight excluding hydrogens is 361 g/mol. The number of benzene rings is 2. The summed E-state index contributed by atoms with van der Waals surface area (Å²) in [6.45, 7) is 0. The van der Waals surface area contributed by atoms with Crippen molar-refractivity contribution in [1.29, 1.82) is 0 Å². The van der Waals surface area contributed by atoms with Crippen LogP contribution in [0.25, 0.3) is 0 Å². The second-order valence-corrected chi connectivity index (χ2v) is 7.42. The lowest BCUT2D eigenvalue weighted by Gasteiger charge is -2.08. The van der Waals surface area contributed by atoms with Crippen LogP contribution >= 0.6 is 0 Å². The summed E-state index contributed by atoms with van der Waals surface area (Å²) in [7, 11) is 0. The van der Waals surface area contributed by atoms with E-state index < -0.39 is 6.36 Å². The molecule has 0 aromatic heterocycles. The number of alkyl halides is 3. The molecule has 0 unspecified atom stereocenters. The van der Waals surface area contributed by atoms with Crippen LogP contribution in [-0.2, 0) is 6.42 Å². The molecule has 0 aliphatic heterocycles. The van der Waals surface area contributed by atoms with Crippen LogP contribution < -0.4 is 4.74 Å².